The van der Waals surface area contributed by atoms with Gasteiger partial charge in [0.05, 0.1) is 18.9 Å². The highest BCUT2D eigenvalue weighted by atomic mass is 32.1. The molecule has 31 heavy (non-hydrogen) atoms. The molecule has 4 rings (SSSR count). The summed E-state index contributed by atoms with van der Waals surface area (Å²) in [4.78, 5) is 23.9. The van der Waals surface area contributed by atoms with Crippen molar-refractivity contribution >= 4 is 33.7 Å². The number of benzene rings is 3. The van der Waals surface area contributed by atoms with Gasteiger partial charge in [0.25, 0.3) is 0 Å². The van der Waals surface area contributed by atoms with Crippen LogP contribution in [0.15, 0.2) is 76.0 Å². The zero-order valence-corrected chi connectivity index (χ0v) is 17.6. The topological polar surface area (TPSA) is 75.0 Å². The number of methoxy groups -OCH3 is 2. The van der Waals surface area contributed by atoms with Gasteiger partial charge in [0.15, 0.2) is 0 Å². The third-order valence-electron chi connectivity index (χ3n) is 4.58. The van der Waals surface area contributed by atoms with Crippen molar-refractivity contribution in [3.05, 3.63) is 82.0 Å². The maximum absolute atomic E-state index is 12.5. The Morgan fingerprint density at radius 2 is 1.55 bits per heavy atom. The molecule has 1 heterocycles. The summed E-state index contributed by atoms with van der Waals surface area (Å²) in [5.41, 5.74) is 2.65. The lowest BCUT2D eigenvalue weighted by atomic mass is 10.0. The van der Waals surface area contributed by atoms with Crippen LogP contribution in [0.1, 0.15) is 5.56 Å². The predicted molar refractivity (Wildman–Crippen MR) is 120 cm³/mol. The molecule has 0 amide bonds. The number of carbonyl (C=O) groups excluding carboxylic acids is 1. The third kappa shape index (κ3) is 4.51. The second kappa shape index (κ2) is 8.89. The summed E-state index contributed by atoms with van der Waals surface area (Å²) in [6, 6.07) is 17.8. The van der Waals surface area contributed by atoms with E-state index in [-0.39, 0.29) is 0 Å². The second-order valence-corrected chi connectivity index (χ2v) is 7.42. The molecular weight excluding hydrogens is 416 g/mol. The first kappa shape index (κ1) is 20.4. The summed E-state index contributed by atoms with van der Waals surface area (Å²) < 4.78 is 21.8. The summed E-state index contributed by atoms with van der Waals surface area (Å²) in [6.07, 6.45) is 3.01. The molecule has 0 radical (unpaired) electrons. The summed E-state index contributed by atoms with van der Waals surface area (Å²) in [6.45, 7) is 0. The lowest BCUT2D eigenvalue weighted by Gasteiger charge is -2.10. The number of ether oxygens (including phenoxy) is 3. The minimum atomic E-state index is -0.541. The molecule has 0 aliphatic rings. The zero-order valence-electron chi connectivity index (χ0n) is 16.8. The highest BCUT2D eigenvalue weighted by molar-refractivity contribution is 7.16. The Kier molecular flexibility index (Phi) is 5.86. The molecule has 0 spiro atoms. The number of rotatable bonds is 6. The van der Waals surface area contributed by atoms with Gasteiger partial charge < -0.3 is 18.6 Å². The Hall–Kier alpha value is -3.84. The molecular formula is C24H18O6S. The van der Waals surface area contributed by atoms with E-state index in [1.807, 2.05) is 36.4 Å². The SMILES string of the molecule is COc1ccc(/C=C/C(=O)Oc2ccc3oc(=O)sc3c2-c2ccc(OC)cc2)cc1. The number of fused-ring (bicyclic) bond motifs is 1. The van der Waals surface area contributed by atoms with E-state index in [1.54, 1.807) is 44.6 Å². The Morgan fingerprint density at radius 1 is 0.903 bits per heavy atom. The Bertz CT molecular complexity index is 1300. The summed E-state index contributed by atoms with van der Waals surface area (Å²) >= 11 is 0.964. The molecule has 0 aliphatic heterocycles. The minimum Gasteiger partial charge on any atom is -0.497 e. The predicted octanol–water partition coefficient (Wildman–Crippen LogP) is 5.16. The van der Waals surface area contributed by atoms with E-state index < -0.39 is 10.9 Å². The second-order valence-electron chi connectivity index (χ2n) is 6.48. The van der Waals surface area contributed by atoms with Crippen LogP contribution in [-0.4, -0.2) is 20.2 Å². The monoisotopic (exact) mass is 434 g/mol. The van der Waals surface area contributed by atoms with Crippen LogP contribution in [0.2, 0.25) is 0 Å². The first-order valence-electron chi connectivity index (χ1n) is 9.32. The normalized spacial score (nSPS) is 11.0. The average molecular weight is 434 g/mol. The smallest absolute Gasteiger partial charge is 0.396 e. The molecule has 0 atom stereocenters. The molecule has 4 aromatic rings. The summed E-state index contributed by atoms with van der Waals surface area (Å²) in [7, 11) is 3.18. The van der Waals surface area contributed by atoms with Gasteiger partial charge in [0, 0.05) is 11.6 Å². The molecule has 0 bridgehead atoms. The molecule has 6 nitrogen and oxygen atoms in total. The van der Waals surface area contributed by atoms with Gasteiger partial charge in [-0.2, -0.15) is 0 Å². The molecule has 0 aliphatic carbocycles. The van der Waals surface area contributed by atoms with Crippen molar-refractivity contribution in [2.24, 2.45) is 0 Å². The highest BCUT2D eigenvalue weighted by Gasteiger charge is 2.17. The van der Waals surface area contributed by atoms with E-state index in [2.05, 4.69) is 0 Å². The molecule has 0 unspecified atom stereocenters. The number of hydrogen-bond donors (Lipinski definition) is 0. The van der Waals surface area contributed by atoms with E-state index in [9.17, 15) is 9.59 Å². The number of carbonyl (C=O) groups is 1. The van der Waals surface area contributed by atoms with Gasteiger partial charge in [0.2, 0.25) is 0 Å². The van der Waals surface area contributed by atoms with Crippen LogP contribution in [0, 0.1) is 0 Å². The van der Waals surface area contributed by atoms with E-state index >= 15 is 0 Å². The van der Waals surface area contributed by atoms with Crippen LogP contribution < -0.4 is 19.1 Å². The highest BCUT2D eigenvalue weighted by Crippen LogP contribution is 2.39. The van der Waals surface area contributed by atoms with Crippen molar-refractivity contribution < 1.29 is 23.4 Å². The van der Waals surface area contributed by atoms with Crippen molar-refractivity contribution in [1.29, 1.82) is 0 Å². The standard InChI is InChI=1S/C24H18O6S/c1-27-17-8-3-15(4-9-17)5-14-21(25)29-19-12-13-20-23(31-24(26)30-20)22(19)16-6-10-18(28-2)11-7-16/h3-14H,1-2H3/b14-5+. The number of esters is 1. The van der Waals surface area contributed by atoms with Gasteiger partial charge in [-0.3, -0.25) is 0 Å². The van der Waals surface area contributed by atoms with Crippen molar-refractivity contribution in [2.75, 3.05) is 14.2 Å². The van der Waals surface area contributed by atoms with Gasteiger partial charge in [-0.05, 0) is 53.6 Å². The minimum absolute atomic E-state index is 0.332. The average Bonchev–Trinajstić information content (AvgIpc) is 3.18. The fourth-order valence-electron chi connectivity index (χ4n) is 3.06. The van der Waals surface area contributed by atoms with Crippen LogP contribution in [0.3, 0.4) is 0 Å². The van der Waals surface area contributed by atoms with Crippen LogP contribution in [0.25, 0.3) is 27.5 Å². The fraction of sp³-hybridized carbons (Fsp3) is 0.0833. The first-order valence-corrected chi connectivity index (χ1v) is 10.1. The molecule has 3 aromatic carbocycles. The maximum Gasteiger partial charge on any atom is 0.396 e. The van der Waals surface area contributed by atoms with Gasteiger partial charge in [-0.25, -0.2) is 9.59 Å². The van der Waals surface area contributed by atoms with E-state index in [4.69, 9.17) is 18.6 Å². The lowest BCUT2D eigenvalue weighted by Crippen LogP contribution is -2.04. The summed E-state index contributed by atoms with van der Waals surface area (Å²) in [5.74, 6) is 1.22. The van der Waals surface area contributed by atoms with Crippen molar-refractivity contribution in [3.8, 4) is 28.4 Å². The molecule has 0 saturated carbocycles. The van der Waals surface area contributed by atoms with Gasteiger partial charge in [-0.15, -0.1) is 0 Å². The molecule has 0 N–H and O–H groups in total. The van der Waals surface area contributed by atoms with Crippen LogP contribution in [0.5, 0.6) is 17.2 Å². The van der Waals surface area contributed by atoms with Crippen LogP contribution >= 0.6 is 11.3 Å². The number of hydrogen-bond acceptors (Lipinski definition) is 7. The molecule has 156 valence electrons. The Labute approximate surface area is 181 Å². The Morgan fingerprint density at radius 3 is 2.19 bits per heavy atom. The first-order chi connectivity index (χ1) is 15.1. The quantitative estimate of drug-likeness (QED) is 0.237. The zero-order chi connectivity index (χ0) is 21.8. The van der Waals surface area contributed by atoms with Crippen molar-refractivity contribution in [1.82, 2.24) is 0 Å². The third-order valence-corrected chi connectivity index (χ3v) is 5.44. The molecule has 0 fully saturated rings. The molecule has 1 aromatic heterocycles. The largest absolute Gasteiger partial charge is 0.497 e. The van der Waals surface area contributed by atoms with Gasteiger partial charge in [-0.1, -0.05) is 35.6 Å². The fourth-order valence-corrected chi connectivity index (χ4v) is 3.89. The lowest BCUT2D eigenvalue weighted by molar-refractivity contribution is -0.128. The molecule has 0 saturated heterocycles. The van der Waals surface area contributed by atoms with Crippen LogP contribution in [-0.2, 0) is 4.79 Å². The van der Waals surface area contributed by atoms with Gasteiger partial charge in [0.1, 0.15) is 22.8 Å². The van der Waals surface area contributed by atoms with E-state index in [1.165, 1.54) is 6.08 Å². The van der Waals surface area contributed by atoms with E-state index in [0.29, 0.717) is 27.3 Å². The van der Waals surface area contributed by atoms with Crippen molar-refractivity contribution in [2.45, 2.75) is 0 Å². The van der Waals surface area contributed by atoms with Gasteiger partial charge >= 0.3 is 10.9 Å². The van der Waals surface area contributed by atoms with E-state index in [0.717, 1.165) is 28.2 Å². The van der Waals surface area contributed by atoms with Crippen molar-refractivity contribution in [3.63, 3.8) is 0 Å². The molecule has 7 heteroatoms. The maximum atomic E-state index is 12.5. The summed E-state index contributed by atoms with van der Waals surface area (Å²) in [5, 5.41) is 0. The Balaban J connectivity index is 1.66. The van der Waals surface area contributed by atoms with Crippen LogP contribution in [0.4, 0.5) is 0 Å².